The van der Waals surface area contributed by atoms with E-state index in [1.54, 1.807) is 0 Å². The average Bonchev–Trinajstić information content (AvgIpc) is 3.47. The Labute approximate surface area is 153 Å². The molecule has 26 heavy (non-hydrogen) atoms. The van der Waals surface area contributed by atoms with Gasteiger partial charge in [0.15, 0.2) is 0 Å². The zero-order valence-electron chi connectivity index (χ0n) is 15.1. The maximum atomic E-state index is 13.1. The molecule has 0 amide bonds. The minimum absolute atomic E-state index is 0.0929. The lowest BCUT2D eigenvalue weighted by atomic mass is 9.96. The van der Waals surface area contributed by atoms with Crippen LogP contribution >= 0.6 is 0 Å². The fourth-order valence-corrected chi connectivity index (χ4v) is 3.57. The Morgan fingerprint density at radius 1 is 1.42 bits per heavy atom. The SMILES string of the molecule is CC(/C=C1/CN(C2CC2)C=C(C(=O)O)C(=O)/C1=C/CF)N1CCNCC1. The van der Waals surface area contributed by atoms with E-state index in [1.165, 1.54) is 12.3 Å². The van der Waals surface area contributed by atoms with Crippen LogP contribution in [-0.2, 0) is 9.59 Å². The number of aliphatic carboxylic acids is 1. The fourth-order valence-electron chi connectivity index (χ4n) is 3.57. The lowest BCUT2D eigenvalue weighted by Gasteiger charge is -2.32. The van der Waals surface area contributed by atoms with Gasteiger partial charge in [-0.2, -0.15) is 0 Å². The lowest BCUT2D eigenvalue weighted by molar-refractivity contribution is -0.134. The minimum Gasteiger partial charge on any atom is -0.477 e. The van der Waals surface area contributed by atoms with Crippen LogP contribution in [0.25, 0.3) is 0 Å². The largest absolute Gasteiger partial charge is 0.477 e. The van der Waals surface area contributed by atoms with Crippen LogP contribution in [0.5, 0.6) is 0 Å². The summed E-state index contributed by atoms with van der Waals surface area (Å²) < 4.78 is 13.1. The number of nitrogens with zero attached hydrogens (tertiary/aromatic N) is 2. The summed E-state index contributed by atoms with van der Waals surface area (Å²) in [5, 5.41) is 12.7. The van der Waals surface area contributed by atoms with Crippen molar-refractivity contribution >= 4 is 11.8 Å². The van der Waals surface area contributed by atoms with Crippen LogP contribution in [0.15, 0.2) is 35.1 Å². The summed E-state index contributed by atoms with van der Waals surface area (Å²) in [6.07, 6.45) is 6.63. The third kappa shape index (κ3) is 4.22. The number of piperazine rings is 1. The van der Waals surface area contributed by atoms with E-state index in [2.05, 4.69) is 17.1 Å². The first-order chi connectivity index (χ1) is 12.5. The highest BCUT2D eigenvalue weighted by molar-refractivity contribution is 6.25. The Morgan fingerprint density at radius 2 is 2.12 bits per heavy atom. The van der Waals surface area contributed by atoms with Gasteiger partial charge in [-0.3, -0.25) is 9.69 Å². The first-order valence-electron chi connectivity index (χ1n) is 9.18. The molecule has 1 unspecified atom stereocenters. The monoisotopic (exact) mass is 363 g/mol. The van der Waals surface area contributed by atoms with E-state index in [0.29, 0.717) is 6.54 Å². The van der Waals surface area contributed by atoms with Gasteiger partial charge in [0.05, 0.1) is 0 Å². The van der Waals surface area contributed by atoms with Crippen molar-refractivity contribution < 1.29 is 19.1 Å². The molecule has 3 rings (SSSR count). The number of hydrogen-bond acceptors (Lipinski definition) is 5. The smallest absolute Gasteiger partial charge is 0.341 e. The van der Waals surface area contributed by atoms with Crippen LogP contribution in [0.2, 0.25) is 0 Å². The fraction of sp³-hybridized carbons (Fsp3) is 0.579. The van der Waals surface area contributed by atoms with Crippen molar-refractivity contribution in [2.45, 2.75) is 31.8 Å². The van der Waals surface area contributed by atoms with E-state index in [9.17, 15) is 19.1 Å². The lowest BCUT2D eigenvalue weighted by Crippen LogP contribution is -2.47. The number of carboxylic acids is 1. The molecule has 142 valence electrons. The van der Waals surface area contributed by atoms with Gasteiger partial charge in [-0.1, -0.05) is 6.08 Å². The molecule has 0 spiro atoms. The van der Waals surface area contributed by atoms with Crippen LogP contribution in [0, 0.1) is 0 Å². The summed E-state index contributed by atoms with van der Waals surface area (Å²) in [6.45, 7) is 5.36. The molecule has 1 atom stereocenters. The maximum absolute atomic E-state index is 13.1. The summed E-state index contributed by atoms with van der Waals surface area (Å²) in [5.41, 5.74) is 0.624. The van der Waals surface area contributed by atoms with Crippen molar-refractivity contribution in [1.82, 2.24) is 15.1 Å². The molecule has 6 nitrogen and oxygen atoms in total. The van der Waals surface area contributed by atoms with Crippen LogP contribution in [0.4, 0.5) is 4.39 Å². The van der Waals surface area contributed by atoms with Gasteiger partial charge < -0.3 is 15.3 Å². The van der Waals surface area contributed by atoms with Gasteiger partial charge in [0.25, 0.3) is 0 Å². The van der Waals surface area contributed by atoms with E-state index in [0.717, 1.165) is 44.6 Å². The molecule has 0 radical (unpaired) electrons. The van der Waals surface area contributed by atoms with Crippen molar-refractivity contribution in [3.63, 3.8) is 0 Å². The molecule has 0 aromatic carbocycles. The Balaban J connectivity index is 1.93. The second-order valence-electron chi connectivity index (χ2n) is 7.07. The molecule has 1 saturated heterocycles. The molecule has 0 aromatic heterocycles. The Hall–Kier alpha value is -1.99. The summed E-state index contributed by atoms with van der Waals surface area (Å²) in [6, 6.07) is 0.357. The van der Waals surface area contributed by atoms with Crippen molar-refractivity contribution in [3.8, 4) is 0 Å². The van der Waals surface area contributed by atoms with E-state index in [1.807, 2.05) is 11.0 Å². The highest BCUT2D eigenvalue weighted by Gasteiger charge is 2.35. The van der Waals surface area contributed by atoms with Gasteiger partial charge in [0.1, 0.15) is 12.2 Å². The molecule has 2 N–H and O–H groups in total. The van der Waals surface area contributed by atoms with E-state index >= 15 is 0 Å². The Morgan fingerprint density at radius 3 is 2.69 bits per heavy atom. The van der Waals surface area contributed by atoms with Crippen LogP contribution < -0.4 is 5.32 Å². The number of ketones is 1. The number of alkyl halides is 1. The summed E-state index contributed by atoms with van der Waals surface area (Å²) in [7, 11) is 0. The van der Waals surface area contributed by atoms with Gasteiger partial charge in [0, 0.05) is 56.6 Å². The van der Waals surface area contributed by atoms with Crippen LogP contribution in [0.1, 0.15) is 19.8 Å². The molecule has 7 heteroatoms. The highest BCUT2D eigenvalue weighted by Crippen LogP contribution is 2.32. The predicted molar refractivity (Wildman–Crippen MR) is 96.5 cm³/mol. The number of hydrogen-bond donors (Lipinski definition) is 2. The Kier molecular flexibility index (Phi) is 5.88. The average molecular weight is 363 g/mol. The Bertz CT molecular complexity index is 661. The second-order valence-corrected chi connectivity index (χ2v) is 7.07. The number of rotatable bonds is 5. The number of allylic oxidation sites excluding steroid dienone is 1. The zero-order chi connectivity index (χ0) is 18.7. The summed E-state index contributed by atoms with van der Waals surface area (Å²) >= 11 is 0. The third-order valence-corrected chi connectivity index (χ3v) is 5.18. The summed E-state index contributed by atoms with van der Waals surface area (Å²) in [5.74, 6) is -1.86. The molecule has 0 bridgehead atoms. The predicted octanol–water partition coefficient (Wildman–Crippen LogP) is 1.12. The van der Waals surface area contributed by atoms with Crippen LogP contribution in [0.3, 0.4) is 0 Å². The zero-order valence-corrected chi connectivity index (χ0v) is 15.1. The van der Waals surface area contributed by atoms with Crippen molar-refractivity contribution in [1.29, 1.82) is 0 Å². The molecule has 2 heterocycles. The maximum Gasteiger partial charge on any atom is 0.341 e. The van der Waals surface area contributed by atoms with Crippen molar-refractivity contribution in [3.05, 3.63) is 35.1 Å². The molecule has 2 fully saturated rings. The third-order valence-electron chi connectivity index (χ3n) is 5.18. The molecule has 1 aliphatic carbocycles. The number of halogens is 1. The van der Waals surface area contributed by atoms with E-state index in [4.69, 9.17) is 0 Å². The van der Waals surface area contributed by atoms with Crippen LogP contribution in [-0.4, -0.2) is 78.1 Å². The van der Waals surface area contributed by atoms with Gasteiger partial charge in [0.2, 0.25) is 5.78 Å². The standard InChI is InChI=1S/C19H26FN3O3/c1-13(22-8-6-21-7-9-22)10-14-11-23(15-2-3-15)12-17(19(25)26)18(24)16(14)4-5-20/h4,10,12-13,15,21H,2-3,5-9,11H2,1H3,(H,25,26)/b14-10-,16-4+. The van der Waals surface area contributed by atoms with Gasteiger partial charge >= 0.3 is 5.97 Å². The number of carbonyl (C=O) groups is 2. The molecule has 0 aromatic rings. The normalized spacial score (nSPS) is 26.8. The minimum atomic E-state index is -1.26. The molecular weight excluding hydrogens is 337 g/mol. The van der Waals surface area contributed by atoms with E-state index in [-0.39, 0.29) is 23.2 Å². The molecule has 3 aliphatic rings. The van der Waals surface area contributed by atoms with Gasteiger partial charge in [-0.05, 0) is 31.4 Å². The topological polar surface area (TPSA) is 72.9 Å². The number of carboxylic acid groups (broad SMARTS) is 1. The van der Waals surface area contributed by atoms with Crippen molar-refractivity contribution in [2.75, 3.05) is 39.4 Å². The number of Topliss-reactive ketones (excluding diaryl/α,β-unsaturated/α-hetero) is 1. The summed E-state index contributed by atoms with van der Waals surface area (Å²) in [4.78, 5) is 28.6. The molecular formula is C19H26FN3O3. The number of carbonyl (C=O) groups excluding carboxylic acids is 1. The quantitative estimate of drug-likeness (QED) is 0.563. The van der Waals surface area contributed by atoms with Crippen molar-refractivity contribution in [2.24, 2.45) is 0 Å². The molecule has 2 aliphatic heterocycles. The number of nitrogens with one attached hydrogen (secondary N) is 1. The highest BCUT2D eigenvalue weighted by atomic mass is 19.1. The molecule has 1 saturated carbocycles. The first-order valence-corrected chi connectivity index (χ1v) is 9.18. The first kappa shape index (κ1) is 18.8. The van der Waals surface area contributed by atoms with Gasteiger partial charge in [-0.15, -0.1) is 0 Å². The second kappa shape index (κ2) is 8.14. The van der Waals surface area contributed by atoms with Gasteiger partial charge in [-0.25, -0.2) is 9.18 Å². The van der Waals surface area contributed by atoms with E-state index < -0.39 is 18.4 Å².